The van der Waals surface area contributed by atoms with E-state index in [1.165, 1.54) is 0 Å². The first-order chi connectivity index (χ1) is 11.8. The summed E-state index contributed by atoms with van der Waals surface area (Å²) in [6.45, 7) is 1.58. The number of hydrogen-bond donors (Lipinski definition) is 1. The summed E-state index contributed by atoms with van der Waals surface area (Å²) in [5.74, 6) is 1.88. The lowest BCUT2D eigenvalue weighted by Crippen LogP contribution is -2.26. The van der Waals surface area contributed by atoms with Gasteiger partial charge in [0.2, 0.25) is 0 Å². The van der Waals surface area contributed by atoms with Crippen molar-refractivity contribution in [2.75, 3.05) is 13.7 Å². The maximum absolute atomic E-state index is 5.57. The van der Waals surface area contributed by atoms with E-state index in [0.717, 1.165) is 36.8 Å². The summed E-state index contributed by atoms with van der Waals surface area (Å²) in [5.41, 5.74) is 1.11. The number of H-pyrrole nitrogens is 1. The zero-order chi connectivity index (χ0) is 16.4. The van der Waals surface area contributed by atoms with Crippen molar-refractivity contribution in [2.24, 2.45) is 0 Å². The molecule has 0 amide bonds. The van der Waals surface area contributed by atoms with Crippen LogP contribution in [0.1, 0.15) is 24.1 Å². The summed E-state index contributed by atoms with van der Waals surface area (Å²) in [6, 6.07) is 10.4. The zero-order valence-electron chi connectivity index (χ0n) is 13.5. The molecular weight excluding hydrogens is 304 g/mol. The molecule has 1 aliphatic rings. The van der Waals surface area contributed by atoms with Crippen molar-refractivity contribution in [3.8, 4) is 5.69 Å². The first-order valence-electron chi connectivity index (χ1n) is 8.05. The average Bonchev–Trinajstić information content (AvgIpc) is 3.36. The second-order valence-corrected chi connectivity index (χ2v) is 5.96. The molecule has 1 fully saturated rings. The molecule has 1 aliphatic heterocycles. The molecule has 0 spiro atoms. The Morgan fingerprint density at radius 1 is 1.25 bits per heavy atom. The van der Waals surface area contributed by atoms with E-state index < -0.39 is 0 Å². The van der Waals surface area contributed by atoms with Crippen molar-refractivity contribution in [2.45, 2.75) is 25.1 Å². The van der Waals surface area contributed by atoms with Gasteiger partial charge in [-0.2, -0.15) is 5.10 Å². The quantitative estimate of drug-likeness (QED) is 0.777. The molecule has 3 heterocycles. The molecule has 7 nitrogen and oxygen atoms in total. The molecule has 24 heavy (non-hydrogen) atoms. The van der Waals surface area contributed by atoms with Gasteiger partial charge in [0, 0.05) is 31.7 Å². The van der Waals surface area contributed by atoms with E-state index in [4.69, 9.17) is 4.74 Å². The molecule has 0 radical (unpaired) electrons. The highest BCUT2D eigenvalue weighted by Gasteiger charge is 2.35. The van der Waals surface area contributed by atoms with Gasteiger partial charge < -0.3 is 9.30 Å². The third-order valence-electron chi connectivity index (χ3n) is 4.54. The number of benzene rings is 1. The number of rotatable bonds is 5. The molecule has 3 aromatic rings. The largest absolute Gasteiger partial charge is 0.380 e. The SMILES string of the molecule is CO[C@@H]1C[C@@H](c2ncn[nH]2)N(Cc2nccn2-c2ccccc2)C1. The Labute approximate surface area is 140 Å². The lowest BCUT2D eigenvalue weighted by molar-refractivity contribution is 0.107. The highest BCUT2D eigenvalue weighted by Crippen LogP contribution is 2.32. The van der Waals surface area contributed by atoms with E-state index in [2.05, 4.69) is 41.8 Å². The fourth-order valence-corrected chi connectivity index (χ4v) is 3.32. The summed E-state index contributed by atoms with van der Waals surface area (Å²) in [5, 5.41) is 6.98. The molecule has 7 heteroatoms. The van der Waals surface area contributed by atoms with Crippen molar-refractivity contribution in [1.29, 1.82) is 0 Å². The number of imidazole rings is 1. The fourth-order valence-electron chi connectivity index (χ4n) is 3.32. The van der Waals surface area contributed by atoms with Crippen LogP contribution in [-0.2, 0) is 11.3 Å². The van der Waals surface area contributed by atoms with Gasteiger partial charge in [0.25, 0.3) is 0 Å². The predicted molar refractivity (Wildman–Crippen MR) is 88.5 cm³/mol. The maximum Gasteiger partial charge on any atom is 0.141 e. The number of hydrogen-bond acceptors (Lipinski definition) is 5. The van der Waals surface area contributed by atoms with E-state index >= 15 is 0 Å². The average molecular weight is 324 g/mol. The summed E-state index contributed by atoms with van der Waals surface area (Å²) < 4.78 is 7.70. The van der Waals surface area contributed by atoms with Gasteiger partial charge in [-0.3, -0.25) is 10.00 Å². The van der Waals surface area contributed by atoms with Gasteiger partial charge in [0.05, 0.1) is 18.7 Å². The van der Waals surface area contributed by atoms with Crippen LogP contribution in [0, 0.1) is 0 Å². The minimum Gasteiger partial charge on any atom is -0.380 e. The van der Waals surface area contributed by atoms with Crippen LogP contribution >= 0.6 is 0 Å². The second-order valence-electron chi connectivity index (χ2n) is 5.96. The summed E-state index contributed by atoms with van der Waals surface area (Å²) in [4.78, 5) is 11.2. The minimum absolute atomic E-state index is 0.165. The lowest BCUT2D eigenvalue weighted by Gasteiger charge is -2.22. The predicted octanol–water partition coefficient (Wildman–Crippen LogP) is 1.95. The lowest BCUT2D eigenvalue weighted by atomic mass is 10.2. The molecule has 4 rings (SSSR count). The zero-order valence-corrected chi connectivity index (χ0v) is 13.5. The van der Waals surface area contributed by atoms with Crippen molar-refractivity contribution in [1.82, 2.24) is 29.6 Å². The number of ether oxygens (including phenoxy) is 1. The first-order valence-corrected chi connectivity index (χ1v) is 8.05. The monoisotopic (exact) mass is 324 g/mol. The molecule has 1 aromatic carbocycles. The minimum atomic E-state index is 0.165. The molecule has 1 saturated heterocycles. The first kappa shape index (κ1) is 15.0. The molecule has 2 aromatic heterocycles. The molecular formula is C17H20N6O. The maximum atomic E-state index is 5.57. The summed E-state index contributed by atoms with van der Waals surface area (Å²) in [6.07, 6.45) is 6.49. The third-order valence-corrected chi connectivity index (χ3v) is 4.54. The van der Waals surface area contributed by atoms with Crippen LogP contribution in [0.5, 0.6) is 0 Å². The van der Waals surface area contributed by atoms with E-state index in [1.54, 1.807) is 13.4 Å². The van der Waals surface area contributed by atoms with Crippen LogP contribution in [-0.4, -0.2) is 49.4 Å². The smallest absolute Gasteiger partial charge is 0.141 e. The van der Waals surface area contributed by atoms with Crippen LogP contribution in [0.25, 0.3) is 5.69 Å². The Hall–Kier alpha value is -2.51. The Morgan fingerprint density at radius 3 is 2.88 bits per heavy atom. The Kier molecular flexibility index (Phi) is 4.10. The van der Waals surface area contributed by atoms with Crippen LogP contribution in [0.3, 0.4) is 0 Å². The van der Waals surface area contributed by atoms with Gasteiger partial charge in [0.15, 0.2) is 0 Å². The van der Waals surface area contributed by atoms with Gasteiger partial charge in [0.1, 0.15) is 18.0 Å². The van der Waals surface area contributed by atoms with Crippen molar-refractivity contribution >= 4 is 0 Å². The van der Waals surface area contributed by atoms with E-state index in [9.17, 15) is 0 Å². The van der Waals surface area contributed by atoms with Crippen molar-refractivity contribution < 1.29 is 4.74 Å². The third kappa shape index (κ3) is 2.83. The Bertz CT molecular complexity index is 770. The number of para-hydroxylation sites is 1. The normalized spacial score (nSPS) is 21.4. The van der Waals surface area contributed by atoms with Crippen LogP contribution in [0.2, 0.25) is 0 Å². The fraction of sp³-hybridized carbons (Fsp3) is 0.353. The molecule has 0 unspecified atom stereocenters. The second kappa shape index (κ2) is 6.54. The highest BCUT2D eigenvalue weighted by molar-refractivity contribution is 5.32. The van der Waals surface area contributed by atoms with Crippen LogP contribution < -0.4 is 0 Å². The van der Waals surface area contributed by atoms with Crippen molar-refractivity contribution in [3.63, 3.8) is 0 Å². The molecule has 1 N–H and O–H groups in total. The standard InChI is InChI=1S/C17H20N6O/c1-24-14-9-15(17-19-12-20-21-17)22(10-14)11-16-18-7-8-23(16)13-5-3-2-4-6-13/h2-8,12,14-15H,9-11H2,1H3,(H,19,20,21)/t14-,15+/m1/s1. The van der Waals surface area contributed by atoms with Gasteiger partial charge in [-0.05, 0) is 18.6 Å². The van der Waals surface area contributed by atoms with Crippen LogP contribution in [0.15, 0.2) is 49.1 Å². The van der Waals surface area contributed by atoms with Crippen LogP contribution in [0.4, 0.5) is 0 Å². The molecule has 0 bridgehead atoms. The van der Waals surface area contributed by atoms with Gasteiger partial charge in [-0.15, -0.1) is 0 Å². The Morgan fingerprint density at radius 2 is 2.12 bits per heavy atom. The van der Waals surface area contributed by atoms with E-state index in [1.807, 2.05) is 30.6 Å². The van der Waals surface area contributed by atoms with Gasteiger partial charge in [-0.1, -0.05) is 18.2 Å². The molecule has 0 saturated carbocycles. The summed E-state index contributed by atoms with van der Waals surface area (Å²) in [7, 11) is 1.76. The Balaban J connectivity index is 1.59. The topological polar surface area (TPSA) is 71.9 Å². The van der Waals surface area contributed by atoms with E-state index in [-0.39, 0.29) is 12.1 Å². The number of nitrogens with zero attached hydrogens (tertiary/aromatic N) is 5. The highest BCUT2D eigenvalue weighted by atomic mass is 16.5. The van der Waals surface area contributed by atoms with E-state index in [0.29, 0.717) is 0 Å². The van der Waals surface area contributed by atoms with Crippen molar-refractivity contribution in [3.05, 3.63) is 60.7 Å². The molecule has 2 atom stereocenters. The number of methoxy groups -OCH3 is 1. The summed E-state index contributed by atoms with van der Waals surface area (Å²) >= 11 is 0. The molecule has 124 valence electrons. The number of aromatic amines is 1. The van der Waals surface area contributed by atoms with Gasteiger partial charge in [-0.25, -0.2) is 9.97 Å². The number of aromatic nitrogens is 5. The number of nitrogens with one attached hydrogen (secondary N) is 1. The number of likely N-dealkylation sites (tertiary alicyclic amines) is 1. The van der Waals surface area contributed by atoms with Gasteiger partial charge >= 0.3 is 0 Å². The molecule has 0 aliphatic carbocycles.